The van der Waals surface area contributed by atoms with Crippen molar-refractivity contribution in [3.8, 4) is 0 Å². The lowest BCUT2D eigenvalue weighted by atomic mass is 9.74. The molecule has 0 atom stereocenters. The van der Waals surface area contributed by atoms with Gasteiger partial charge in [0.25, 0.3) is 0 Å². The molecular weight excluding hydrogens is 214 g/mol. The number of rotatable bonds is 2. The molecule has 1 amide bonds. The number of hydrogen-bond donors (Lipinski definition) is 1. The largest absolute Gasteiger partial charge is 0.358 e. The summed E-state index contributed by atoms with van der Waals surface area (Å²) in [7, 11) is 3.79. The van der Waals surface area contributed by atoms with Gasteiger partial charge in [-0.25, -0.2) is 0 Å². The maximum Gasteiger partial charge on any atom is 0.232 e. The van der Waals surface area contributed by atoms with Crippen molar-refractivity contribution < 1.29 is 4.79 Å². The standard InChI is InChI=1S/C13H19N3O/c1-14-12(17)13(6-9-16(2)10-7-13)11-5-3-4-8-15-11/h3-5,8H,6-7,9-10H2,1-2H3,(H,14,17). The highest BCUT2D eigenvalue weighted by Crippen LogP contribution is 2.34. The maximum absolute atomic E-state index is 12.2. The van der Waals surface area contributed by atoms with E-state index in [1.807, 2.05) is 18.2 Å². The first-order chi connectivity index (χ1) is 8.19. The van der Waals surface area contributed by atoms with E-state index in [4.69, 9.17) is 0 Å². The summed E-state index contributed by atoms with van der Waals surface area (Å²) >= 11 is 0. The van der Waals surface area contributed by atoms with E-state index in [-0.39, 0.29) is 5.91 Å². The third kappa shape index (κ3) is 2.17. The smallest absolute Gasteiger partial charge is 0.232 e. The first kappa shape index (κ1) is 12.0. The summed E-state index contributed by atoms with van der Waals surface area (Å²) in [6.45, 7) is 1.87. The van der Waals surface area contributed by atoms with Crippen LogP contribution in [0.4, 0.5) is 0 Å². The lowest BCUT2D eigenvalue weighted by Crippen LogP contribution is -2.50. The van der Waals surface area contributed by atoms with Gasteiger partial charge >= 0.3 is 0 Å². The van der Waals surface area contributed by atoms with E-state index >= 15 is 0 Å². The van der Waals surface area contributed by atoms with Crippen LogP contribution in [0.1, 0.15) is 18.5 Å². The van der Waals surface area contributed by atoms with Gasteiger partial charge in [0.05, 0.1) is 11.1 Å². The first-order valence-corrected chi connectivity index (χ1v) is 6.01. The number of nitrogens with one attached hydrogen (secondary N) is 1. The van der Waals surface area contributed by atoms with Crippen LogP contribution < -0.4 is 5.32 Å². The maximum atomic E-state index is 12.2. The molecule has 1 saturated heterocycles. The molecule has 1 aliphatic heterocycles. The monoisotopic (exact) mass is 233 g/mol. The average Bonchev–Trinajstić information content (AvgIpc) is 2.40. The van der Waals surface area contributed by atoms with Gasteiger partial charge in [0.1, 0.15) is 0 Å². The molecule has 1 aliphatic rings. The Hall–Kier alpha value is -1.42. The van der Waals surface area contributed by atoms with Crippen molar-refractivity contribution in [2.75, 3.05) is 27.2 Å². The SMILES string of the molecule is CNC(=O)C1(c2ccccn2)CCN(C)CC1. The van der Waals surface area contributed by atoms with E-state index in [1.54, 1.807) is 13.2 Å². The van der Waals surface area contributed by atoms with E-state index in [0.29, 0.717) is 0 Å². The fourth-order valence-electron chi connectivity index (χ4n) is 2.48. The molecule has 0 bridgehead atoms. The second-order valence-corrected chi connectivity index (χ2v) is 4.68. The second kappa shape index (κ2) is 4.84. The van der Waals surface area contributed by atoms with Crippen LogP contribution in [0.15, 0.2) is 24.4 Å². The summed E-state index contributed by atoms with van der Waals surface area (Å²) < 4.78 is 0. The number of carbonyl (C=O) groups excluding carboxylic acids is 1. The van der Waals surface area contributed by atoms with Crippen molar-refractivity contribution in [1.82, 2.24) is 15.2 Å². The van der Waals surface area contributed by atoms with Gasteiger partial charge in [0.2, 0.25) is 5.91 Å². The van der Waals surface area contributed by atoms with E-state index in [2.05, 4.69) is 22.2 Å². The molecule has 0 spiro atoms. The van der Waals surface area contributed by atoms with Crippen molar-refractivity contribution in [2.24, 2.45) is 0 Å². The third-order valence-corrected chi connectivity index (χ3v) is 3.66. The number of likely N-dealkylation sites (N-methyl/N-ethyl adjacent to an activating group) is 1. The van der Waals surface area contributed by atoms with E-state index in [9.17, 15) is 4.79 Å². The van der Waals surface area contributed by atoms with Crippen LogP contribution in [0.3, 0.4) is 0 Å². The van der Waals surface area contributed by atoms with Gasteiger partial charge in [-0.05, 0) is 45.1 Å². The van der Waals surface area contributed by atoms with Crippen LogP contribution in [-0.4, -0.2) is 43.0 Å². The highest BCUT2D eigenvalue weighted by atomic mass is 16.2. The minimum atomic E-state index is -0.442. The summed E-state index contributed by atoms with van der Waals surface area (Å²) in [6, 6.07) is 5.79. The predicted molar refractivity (Wildman–Crippen MR) is 66.7 cm³/mol. The van der Waals surface area contributed by atoms with Crippen LogP contribution in [-0.2, 0) is 10.2 Å². The summed E-state index contributed by atoms with van der Waals surface area (Å²) in [5, 5.41) is 2.79. The Morgan fingerprint density at radius 1 is 1.41 bits per heavy atom. The van der Waals surface area contributed by atoms with Gasteiger partial charge in [-0.2, -0.15) is 0 Å². The van der Waals surface area contributed by atoms with Crippen LogP contribution in [0.5, 0.6) is 0 Å². The molecule has 0 unspecified atom stereocenters. The summed E-state index contributed by atoms with van der Waals surface area (Å²) in [5.41, 5.74) is 0.454. The Kier molecular flexibility index (Phi) is 3.43. The number of piperidine rings is 1. The topological polar surface area (TPSA) is 45.2 Å². The Morgan fingerprint density at radius 3 is 2.65 bits per heavy atom. The van der Waals surface area contributed by atoms with Gasteiger partial charge in [-0.1, -0.05) is 6.07 Å². The van der Waals surface area contributed by atoms with E-state index < -0.39 is 5.41 Å². The highest BCUT2D eigenvalue weighted by Gasteiger charge is 2.42. The molecule has 92 valence electrons. The van der Waals surface area contributed by atoms with Gasteiger partial charge in [0.15, 0.2) is 0 Å². The van der Waals surface area contributed by atoms with Crippen LogP contribution in [0.2, 0.25) is 0 Å². The fraction of sp³-hybridized carbons (Fsp3) is 0.538. The minimum Gasteiger partial charge on any atom is -0.358 e. The highest BCUT2D eigenvalue weighted by molar-refractivity contribution is 5.87. The fourth-order valence-corrected chi connectivity index (χ4v) is 2.48. The van der Waals surface area contributed by atoms with Crippen molar-refractivity contribution in [2.45, 2.75) is 18.3 Å². The number of pyridine rings is 1. The van der Waals surface area contributed by atoms with Crippen molar-refractivity contribution in [1.29, 1.82) is 0 Å². The third-order valence-electron chi connectivity index (χ3n) is 3.66. The zero-order valence-corrected chi connectivity index (χ0v) is 10.4. The molecule has 17 heavy (non-hydrogen) atoms. The summed E-state index contributed by atoms with van der Waals surface area (Å²) in [6.07, 6.45) is 3.43. The number of carbonyl (C=O) groups is 1. The Labute approximate surface area is 102 Å². The lowest BCUT2D eigenvalue weighted by molar-refractivity contribution is -0.128. The molecule has 0 aromatic carbocycles. The zero-order chi connectivity index (χ0) is 12.3. The van der Waals surface area contributed by atoms with Crippen LogP contribution in [0.25, 0.3) is 0 Å². The lowest BCUT2D eigenvalue weighted by Gasteiger charge is -2.38. The number of aromatic nitrogens is 1. The van der Waals surface area contributed by atoms with Gasteiger partial charge in [0, 0.05) is 13.2 Å². The zero-order valence-electron chi connectivity index (χ0n) is 10.4. The van der Waals surface area contributed by atoms with E-state index in [1.165, 1.54) is 0 Å². The molecule has 4 heteroatoms. The molecule has 1 aromatic rings. The van der Waals surface area contributed by atoms with Gasteiger partial charge in [-0.3, -0.25) is 9.78 Å². The molecule has 2 heterocycles. The van der Waals surface area contributed by atoms with Crippen molar-refractivity contribution in [3.05, 3.63) is 30.1 Å². The summed E-state index contributed by atoms with van der Waals surface area (Å²) in [5.74, 6) is 0.0873. The van der Waals surface area contributed by atoms with Gasteiger partial charge in [-0.15, -0.1) is 0 Å². The molecule has 1 aromatic heterocycles. The first-order valence-electron chi connectivity index (χ1n) is 6.01. The molecule has 0 radical (unpaired) electrons. The second-order valence-electron chi connectivity index (χ2n) is 4.68. The minimum absolute atomic E-state index is 0.0873. The van der Waals surface area contributed by atoms with E-state index in [0.717, 1.165) is 31.6 Å². The number of likely N-dealkylation sites (tertiary alicyclic amines) is 1. The number of nitrogens with zero attached hydrogens (tertiary/aromatic N) is 2. The number of hydrogen-bond acceptors (Lipinski definition) is 3. The average molecular weight is 233 g/mol. The molecule has 4 nitrogen and oxygen atoms in total. The Bertz CT molecular complexity index is 383. The van der Waals surface area contributed by atoms with Gasteiger partial charge < -0.3 is 10.2 Å². The Morgan fingerprint density at radius 2 is 2.12 bits per heavy atom. The quantitative estimate of drug-likeness (QED) is 0.821. The summed E-state index contributed by atoms with van der Waals surface area (Å²) in [4.78, 5) is 18.9. The van der Waals surface area contributed by atoms with Crippen molar-refractivity contribution in [3.63, 3.8) is 0 Å². The molecule has 1 N–H and O–H groups in total. The normalized spacial score (nSPS) is 19.9. The molecule has 0 aliphatic carbocycles. The number of amides is 1. The predicted octanol–water partition coefficient (Wildman–Crippen LogP) is 0.791. The van der Waals surface area contributed by atoms with Crippen LogP contribution >= 0.6 is 0 Å². The molecule has 2 rings (SSSR count). The van der Waals surface area contributed by atoms with Crippen molar-refractivity contribution >= 4 is 5.91 Å². The van der Waals surface area contributed by atoms with Crippen LogP contribution in [0, 0.1) is 0 Å². The molecule has 1 fully saturated rings. The molecular formula is C13H19N3O. The Balaban J connectivity index is 2.35. The molecule has 0 saturated carbocycles.